The molecule has 1 aromatic rings. The monoisotopic (exact) mass is 314 g/mol. The molecule has 1 aliphatic rings. The molecule has 1 saturated heterocycles. The van der Waals surface area contributed by atoms with Gasteiger partial charge < -0.3 is 25.2 Å². The Morgan fingerprint density at radius 1 is 1.48 bits per heavy atom. The van der Waals surface area contributed by atoms with Gasteiger partial charge in [0.1, 0.15) is 11.8 Å². The maximum Gasteiger partial charge on any atom is 0.326 e. The maximum absolute atomic E-state index is 12.2. The topological polar surface area (TPSA) is 99.1 Å². The van der Waals surface area contributed by atoms with E-state index in [2.05, 4.69) is 5.32 Å². The third-order valence-electron chi connectivity index (χ3n) is 3.24. The van der Waals surface area contributed by atoms with Crippen LogP contribution in [-0.4, -0.2) is 52.9 Å². The van der Waals surface area contributed by atoms with E-state index in [1.807, 2.05) is 0 Å². The second-order valence-corrected chi connectivity index (χ2v) is 5.08. The average Bonchev–Trinajstić information content (AvgIpc) is 2.83. The molecule has 8 heteroatoms. The number of carbonyl (C=O) groups is 2. The molecule has 7 nitrogen and oxygen atoms in total. The summed E-state index contributed by atoms with van der Waals surface area (Å²) in [5, 5.41) is 21.4. The first-order chi connectivity index (χ1) is 9.92. The highest BCUT2D eigenvalue weighted by Gasteiger charge is 2.39. The van der Waals surface area contributed by atoms with E-state index < -0.39 is 24.1 Å². The highest BCUT2D eigenvalue weighted by molar-refractivity contribution is 6.33. The first-order valence-corrected chi connectivity index (χ1v) is 6.62. The Labute approximate surface area is 126 Å². The number of aliphatic hydroxyl groups excluding tert-OH is 1. The number of rotatable bonds is 3. The summed E-state index contributed by atoms with van der Waals surface area (Å²) >= 11 is 5.98. The summed E-state index contributed by atoms with van der Waals surface area (Å²) in [5.74, 6) is -0.649. The number of methoxy groups -OCH3 is 1. The molecule has 0 saturated carbocycles. The van der Waals surface area contributed by atoms with E-state index in [0.29, 0.717) is 16.5 Å². The Morgan fingerprint density at radius 2 is 2.19 bits per heavy atom. The minimum absolute atomic E-state index is 0.00853. The SMILES string of the molecule is COc1ccc(Cl)c(NC(=O)N2C[C@H](O)C[C@H]2C(=O)O)c1. The van der Waals surface area contributed by atoms with Crippen molar-refractivity contribution in [3.05, 3.63) is 23.2 Å². The van der Waals surface area contributed by atoms with Crippen molar-refractivity contribution in [2.24, 2.45) is 0 Å². The molecule has 1 heterocycles. The lowest BCUT2D eigenvalue weighted by molar-refractivity contribution is -0.141. The van der Waals surface area contributed by atoms with Crippen molar-refractivity contribution in [2.45, 2.75) is 18.6 Å². The Balaban J connectivity index is 2.16. The van der Waals surface area contributed by atoms with Gasteiger partial charge in [0.2, 0.25) is 0 Å². The zero-order chi connectivity index (χ0) is 15.6. The van der Waals surface area contributed by atoms with Crippen LogP contribution in [0.2, 0.25) is 5.02 Å². The van der Waals surface area contributed by atoms with Crippen LogP contribution < -0.4 is 10.1 Å². The van der Waals surface area contributed by atoms with Crippen LogP contribution in [0.3, 0.4) is 0 Å². The van der Waals surface area contributed by atoms with Gasteiger partial charge in [-0.05, 0) is 12.1 Å². The van der Waals surface area contributed by atoms with Crippen molar-refractivity contribution < 1.29 is 24.5 Å². The molecule has 0 aromatic heterocycles. The van der Waals surface area contributed by atoms with Crippen LogP contribution in [0.5, 0.6) is 5.75 Å². The van der Waals surface area contributed by atoms with E-state index in [1.165, 1.54) is 13.2 Å². The third kappa shape index (κ3) is 3.37. The molecule has 0 aliphatic carbocycles. The van der Waals surface area contributed by atoms with E-state index in [1.54, 1.807) is 12.1 Å². The van der Waals surface area contributed by atoms with Gasteiger partial charge in [-0.2, -0.15) is 0 Å². The predicted octanol–water partition coefficient (Wildman–Crippen LogP) is 1.40. The number of aliphatic carboxylic acids is 1. The van der Waals surface area contributed by atoms with Crippen molar-refractivity contribution in [1.29, 1.82) is 0 Å². The molecule has 2 atom stereocenters. The number of carboxylic acids is 1. The van der Waals surface area contributed by atoms with Crippen LogP contribution in [0.15, 0.2) is 18.2 Å². The van der Waals surface area contributed by atoms with Gasteiger partial charge >= 0.3 is 12.0 Å². The number of amides is 2. The van der Waals surface area contributed by atoms with Crippen molar-refractivity contribution in [3.8, 4) is 5.75 Å². The fraction of sp³-hybridized carbons (Fsp3) is 0.385. The van der Waals surface area contributed by atoms with Crippen LogP contribution in [0.25, 0.3) is 0 Å². The standard InChI is InChI=1S/C13H15ClN2O5/c1-21-8-2-3-9(14)10(5-8)15-13(20)16-6-7(17)4-11(16)12(18)19/h2-3,5,7,11,17H,4,6H2,1H3,(H,15,20)(H,18,19)/t7-,11+/m1/s1. The molecule has 1 fully saturated rings. The quantitative estimate of drug-likeness (QED) is 0.783. The van der Waals surface area contributed by atoms with E-state index in [9.17, 15) is 14.7 Å². The fourth-order valence-corrected chi connectivity index (χ4v) is 2.35. The summed E-state index contributed by atoms with van der Waals surface area (Å²) in [5.41, 5.74) is 0.312. The van der Waals surface area contributed by atoms with E-state index in [-0.39, 0.29) is 13.0 Å². The highest BCUT2D eigenvalue weighted by atomic mass is 35.5. The number of benzene rings is 1. The number of aliphatic hydroxyl groups is 1. The molecular formula is C13H15ClN2O5. The normalized spacial score (nSPS) is 21.2. The number of likely N-dealkylation sites (tertiary alicyclic amines) is 1. The van der Waals surface area contributed by atoms with Gasteiger partial charge in [0.25, 0.3) is 0 Å². The lowest BCUT2D eigenvalue weighted by Gasteiger charge is -2.22. The summed E-state index contributed by atoms with van der Waals surface area (Å²) in [4.78, 5) is 24.3. The fourth-order valence-electron chi connectivity index (χ4n) is 2.19. The van der Waals surface area contributed by atoms with Gasteiger partial charge in [-0.1, -0.05) is 11.6 Å². The number of urea groups is 1. The Hall–Kier alpha value is -1.99. The molecule has 0 unspecified atom stereocenters. The first-order valence-electron chi connectivity index (χ1n) is 6.24. The van der Waals surface area contributed by atoms with Crippen LogP contribution >= 0.6 is 11.6 Å². The third-order valence-corrected chi connectivity index (χ3v) is 3.57. The van der Waals surface area contributed by atoms with Crippen molar-refractivity contribution in [2.75, 3.05) is 19.0 Å². The van der Waals surface area contributed by atoms with Crippen LogP contribution in [-0.2, 0) is 4.79 Å². The predicted molar refractivity (Wildman–Crippen MR) is 75.8 cm³/mol. The zero-order valence-electron chi connectivity index (χ0n) is 11.2. The average molecular weight is 315 g/mol. The maximum atomic E-state index is 12.2. The molecule has 2 rings (SSSR count). The number of β-amino-alcohol motifs (C(OH)–C–C–N with tert-alkyl or cyclic N) is 1. The Kier molecular flexibility index (Phi) is 4.54. The van der Waals surface area contributed by atoms with Crippen molar-refractivity contribution >= 4 is 29.3 Å². The second kappa shape index (κ2) is 6.19. The zero-order valence-corrected chi connectivity index (χ0v) is 12.0. The van der Waals surface area contributed by atoms with E-state index in [4.69, 9.17) is 21.4 Å². The van der Waals surface area contributed by atoms with Gasteiger partial charge in [0, 0.05) is 19.0 Å². The molecule has 3 N–H and O–H groups in total. The van der Waals surface area contributed by atoms with Crippen molar-refractivity contribution in [3.63, 3.8) is 0 Å². The molecule has 0 radical (unpaired) electrons. The van der Waals surface area contributed by atoms with Crippen LogP contribution in [0.4, 0.5) is 10.5 Å². The number of hydrogen-bond acceptors (Lipinski definition) is 4. The molecule has 1 aliphatic heterocycles. The summed E-state index contributed by atoms with van der Waals surface area (Å²) in [6, 6.07) is 3.04. The van der Waals surface area contributed by atoms with E-state index in [0.717, 1.165) is 4.90 Å². The second-order valence-electron chi connectivity index (χ2n) is 4.67. The lowest BCUT2D eigenvalue weighted by Crippen LogP contribution is -2.43. The Morgan fingerprint density at radius 3 is 2.81 bits per heavy atom. The van der Waals surface area contributed by atoms with Crippen LogP contribution in [0, 0.1) is 0 Å². The first kappa shape index (κ1) is 15.4. The summed E-state index contributed by atoms with van der Waals surface area (Å²) in [6.07, 6.45) is -0.841. The number of anilines is 1. The van der Waals surface area contributed by atoms with Crippen LogP contribution in [0.1, 0.15) is 6.42 Å². The molecular weight excluding hydrogens is 300 g/mol. The number of hydrogen-bond donors (Lipinski definition) is 3. The Bertz CT molecular complexity index is 565. The summed E-state index contributed by atoms with van der Waals surface area (Å²) in [6.45, 7) is -0.0373. The number of nitrogens with one attached hydrogen (secondary N) is 1. The molecule has 0 spiro atoms. The number of nitrogens with zero attached hydrogens (tertiary/aromatic N) is 1. The molecule has 21 heavy (non-hydrogen) atoms. The van der Waals surface area contributed by atoms with Crippen molar-refractivity contribution in [1.82, 2.24) is 4.90 Å². The van der Waals surface area contributed by atoms with Gasteiger partial charge in [-0.3, -0.25) is 0 Å². The minimum atomic E-state index is -1.15. The molecule has 114 valence electrons. The summed E-state index contributed by atoms with van der Waals surface area (Å²) in [7, 11) is 1.48. The van der Waals surface area contributed by atoms with Gasteiger partial charge in [0.05, 0.1) is 23.9 Å². The van der Waals surface area contributed by atoms with E-state index >= 15 is 0 Å². The number of carboxylic acid groups (broad SMARTS) is 1. The largest absolute Gasteiger partial charge is 0.497 e. The minimum Gasteiger partial charge on any atom is -0.497 e. The van der Waals surface area contributed by atoms with Gasteiger partial charge in [0.15, 0.2) is 0 Å². The molecule has 0 bridgehead atoms. The number of ether oxygens (including phenoxy) is 1. The number of halogens is 1. The van der Waals surface area contributed by atoms with Gasteiger partial charge in [-0.25, -0.2) is 9.59 Å². The smallest absolute Gasteiger partial charge is 0.326 e. The highest BCUT2D eigenvalue weighted by Crippen LogP contribution is 2.28. The number of carbonyl (C=O) groups excluding carboxylic acids is 1. The molecule has 1 aromatic carbocycles. The lowest BCUT2D eigenvalue weighted by atomic mass is 10.2. The molecule has 2 amide bonds. The van der Waals surface area contributed by atoms with Gasteiger partial charge in [-0.15, -0.1) is 0 Å². The summed E-state index contributed by atoms with van der Waals surface area (Å²) < 4.78 is 5.04.